The number of hydrogen-bond acceptors (Lipinski definition) is 4. The van der Waals surface area contributed by atoms with Crippen molar-refractivity contribution >= 4 is 15.9 Å². The number of sulfonamides is 1. The molecule has 29 heavy (non-hydrogen) atoms. The number of rotatable bonds is 3. The van der Waals surface area contributed by atoms with Crippen LogP contribution in [0, 0.1) is 6.92 Å². The highest BCUT2D eigenvalue weighted by Gasteiger charge is 2.35. The zero-order valence-electron chi connectivity index (χ0n) is 15.8. The highest BCUT2D eigenvalue weighted by Crippen LogP contribution is 2.30. The fraction of sp³-hybridized carbons (Fsp3) is 0.368. The summed E-state index contributed by atoms with van der Waals surface area (Å²) in [6.45, 7) is 3.83. The van der Waals surface area contributed by atoms with E-state index in [1.807, 2.05) is 6.92 Å². The summed E-state index contributed by atoms with van der Waals surface area (Å²) >= 11 is 0. The molecule has 2 heterocycles. The second-order valence-electron chi connectivity index (χ2n) is 6.98. The van der Waals surface area contributed by atoms with Gasteiger partial charge in [0.05, 0.1) is 16.0 Å². The van der Waals surface area contributed by atoms with Gasteiger partial charge in [0, 0.05) is 38.1 Å². The number of aromatic nitrogens is 1. The van der Waals surface area contributed by atoms with E-state index >= 15 is 0 Å². The Balaban J connectivity index is 1.75. The van der Waals surface area contributed by atoms with Gasteiger partial charge in [0.15, 0.2) is 0 Å². The van der Waals surface area contributed by atoms with Crippen molar-refractivity contribution in [1.82, 2.24) is 14.2 Å². The summed E-state index contributed by atoms with van der Waals surface area (Å²) in [7, 11) is -3.96. The van der Waals surface area contributed by atoms with Crippen molar-refractivity contribution in [1.29, 1.82) is 0 Å². The van der Waals surface area contributed by atoms with Gasteiger partial charge < -0.3 is 4.90 Å². The molecule has 156 valence electrons. The Bertz CT molecular complexity index is 1010. The number of halogens is 3. The lowest BCUT2D eigenvalue weighted by molar-refractivity contribution is -0.137. The number of amides is 1. The fourth-order valence-electron chi connectivity index (χ4n) is 3.25. The number of nitrogens with zero attached hydrogens (tertiary/aromatic N) is 3. The summed E-state index contributed by atoms with van der Waals surface area (Å²) in [6.07, 6.45) is -1.43. The number of piperazine rings is 1. The maximum atomic E-state index is 12.8. The molecular formula is C19H20F3N3O3S. The highest BCUT2D eigenvalue weighted by atomic mass is 32.2. The predicted molar refractivity (Wildman–Crippen MR) is 99.7 cm³/mol. The van der Waals surface area contributed by atoms with Gasteiger partial charge in [-0.3, -0.25) is 9.78 Å². The van der Waals surface area contributed by atoms with Crippen LogP contribution in [0.2, 0.25) is 0 Å². The number of benzene rings is 1. The maximum absolute atomic E-state index is 12.8. The van der Waals surface area contributed by atoms with E-state index in [0.717, 1.165) is 29.8 Å². The molecule has 1 fully saturated rings. The van der Waals surface area contributed by atoms with Crippen LogP contribution in [0.5, 0.6) is 0 Å². The van der Waals surface area contributed by atoms with E-state index in [2.05, 4.69) is 4.98 Å². The van der Waals surface area contributed by atoms with Gasteiger partial charge >= 0.3 is 6.18 Å². The number of alkyl halides is 3. The van der Waals surface area contributed by atoms with E-state index in [4.69, 9.17) is 0 Å². The Morgan fingerprint density at radius 1 is 1.14 bits per heavy atom. The molecule has 1 aromatic carbocycles. The topological polar surface area (TPSA) is 70.6 Å². The molecule has 0 N–H and O–H groups in total. The molecule has 0 aliphatic carbocycles. The van der Waals surface area contributed by atoms with Crippen LogP contribution in [0.4, 0.5) is 13.2 Å². The number of hydrogen-bond donors (Lipinski definition) is 0. The van der Waals surface area contributed by atoms with Gasteiger partial charge in [-0.1, -0.05) is 0 Å². The minimum atomic E-state index is -4.53. The average Bonchev–Trinajstić information content (AvgIpc) is 2.67. The molecule has 1 amide bonds. The summed E-state index contributed by atoms with van der Waals surface area (Å²) in [6, 6.07) is 4.73. The average molecular weight is 427 g/mol. The molecule has 1 saturated heterocycles. The number of carbonyl (C=O) groups is 1. The smallest absolute Gasteiger partial charge is 0.333 e. The molecule has 1 unspecified atom stereocenters. The van der Waals surface area contributed by atoms with Crippen LogP contribution in [-0.2, 0) is 16.2 Å². The van der Waals surface area contributed by atoms with Gasteiger partial charge in [0.2, 0.25) is 10.0 Å². The molecule has 0 bridgehead atoms. The standard InChI is InChI=1S/C19H20F3N3O3S/c1-13-9-15(11-23-10-13)18(26)25-8-7-24(12-14(25)2)29(27,28)17-5-3-16(4-6-17)19(20,21)22/h3-6,9-11,14H,7-8,12H2,1-2H3. The second kappa shape index (κ2) is 7.75. The monoisotopic (exact) mass is 427 g/mol. The lowest BCUT2D eigenvalue weighted by Crippen LogP contribution is -2.55. The van der Waals surface area contributed by atoms with Gasteiger partial charge in [0.25, 0.3) is 5.91 Å². The summed E-state index contributed by atoms with van der Waals surface area (Å²) in [5.74, 6) is -0.236. The lowest BCUT2D eigenvalue weighted by atomic mass is 10.1. The zero-order chi connectivity index (χ0) is 21.4. The lowest BCUT2D eigenvalue weighted by Gasteiger charge is -2.39. The summed E-state index contributed by atoms with van der Waals surface area (Å²) < 4.78 is 64.9. The quantitative estimate of drug-likeness (QED) is 0.755. The molecule has 2 aromatic rings. The zero-order valence-corrected chi connectivity index (χ0v) is 16.7. The van der Waals surface area contributed by atoms with Gasteiger partial charge in [0.1, 0.15) is 0 Å². The third-order valence-corrected chi connectivity index (χ3v) is 6.67. The van der Waals surface area contributed by atoms with E-state index in [-0.39, 0.29) is 30.4 Å². The minimum absolute atomic E-state index is 0.0499. The molecule has 1 aliphatic rings. The van der Waals surface area contributed by atoms with Crippen LogP contribution in [0.1, 0.15) is 28.4 Å². The van der Waals surface area contributed by atoms with E-state index in [9.17, 15) is 26.4 Å². The Morgan fingerprint density at radius 2 is 1.79 bits per heavy atom. The number of pyridine rings is 1. The van der Waals surface area contributed by atoms with E-state index in [1.165, 1.54) is 10.5 Å². The molecule has 0 saturated carbocycles. The van der Waals surface area contributed by atoms with Crippen molar-refractivity contribution in [3.63, 3.8) is 0 Å². The van der Waals surface area contributed by atoms with Crippen LogP contribution in [0.25, 0.3) is 0 Å². The summed E-state index contributed by atoms with van der Waals surface area (Å²) in [5.41, 5.74) is 0.356. The first kappa shape index (κ1) is 21.3. The van der Waals surface area contributed by atoms with E-state index < -0.39 is 27.8 Å². The predicted octanol–water partition coefficient (Wildman–Crippen LogP) is 2.94. The Labute approximate surface area is 167 Å². The van der Waals surface area contributed by atoms with Gasteiger partial charge in [-0.2, -0.15) is 17.5 Å². The van der Waals surface area contributed by atoms with Gasteiger partial charge in [-0.05, 0) is 49.7 Å². The molecule has 1 atom stereocenters. The Hall–Kier alpha value is -2.46. The second-order valence-corrected chi connectivity index (χ2v) is 8.92. The SMILES string of the molecule is Cc1cncc(C(=O)N2CCN(S(=O)(=O)c3ccc(C(F)(F)F)cc3)CC2C)c1. The molecule has 6 nitrogen and oxygen atoms in total. The van der Waals surface area contributed by atoms with Crippen molar-refractivity contribution in [3.05, 3.63) is 59.4 Å². The molecule has 1 aliphatic heterocycles. The van der Waals surface area contributed by atoms with Crippen LogP contribution >= 0.6 is 0 Å². The molecule has 10 heteroatoms. The number of carbonyl (C=O) groups excluding carboxylic acids is 1. The van der Waals surface area contributed by atoms with Crippen LogP contribution in [0.15, 0.2) is 47.6 Å². The molecule has 3 rings (SSSR count). The van der Waals surface area contributed by atoms with E-state index in [1.54, 1.807) is 24.1 Å². The molecule has 0 spiro atoms. The molecule has 0 radical (unpaired) electrons. The maximum Gasteiger partial charge on any atom is 0.416 e. The first-order chi connectivity index (χ1) is 13.5. The molecular weight excluding hydrogens is 407 g/mol. The first-order valence-corrected chi connectivity index (χ1v) is 10.3. The minimum Gasteiger partial charge on any atom is -0.333 e. The third-order valence-electron chi connectivity index (χ3n) is 4.79. The number of aryl methyl sites for hydroxylation is 1. The summed E-state index contributed by atoms with van der Waals surface area (Å²) in [5, 5.41) is 0. The Morgan fingerprint density at radius 3 is 2.34 bits per heavy atom. The summed E-state index contributed by atoms with van der Waals surface area (Å²) in [4.78, 5) is 18.1. The highest BCUT2D eigenvalue weighted by molar-refractivity contribution is 7.89. The molecule has 1 aromatic heterocycles. The fourth-order valence-corrected chi connectivity index (χ4v) is 4.76. The van der Waals surface area contributed by atoms with Crippen molar-refractivity contribution < 1.29 is 26.4 Å². The van der Waals surface area contributed by atoms with Gasteiger partial charge in [-0.15, -0.1) is 0 Å². The van der Waals surface area contributed by atoms with Crippen LogP contribution in [-0.4, -0.2) is 54.2 Å². The van der Waals surface area contributed by atoms with Crippen molar-refractivity contribution in [2.45, 2.75) is 31.0 Å². The third kappa shape index (κ3) is 4.43. The first-order valence-electron chi connectivity index (χ1n) is 8.90. The Kier molecular flexibility index (Phi) is 5.68. The van der Waals surface area contributed by atoms with Crippen molar-refractivity contribution in [2.24, 2.45) is 0 Å². The van der Waals surface area contributed by atoms with Crippen LogP contribution in [0.3, 0.4) is 0 Å². The van der Waals surface area contributed by atoms with E-state index in [0.29, 0.717) is 5.56 Å². The normalized spacial score (nSPS) is 18.7. The van der Waals surface area contributed by atoms with Crippen molar-refractivity contribution in [2.75, 3.05) is 19.6 Å². The van der Waals surface area contributed by atoms with Gasteiger partial charge in [-0.25, -0.2) is 8.42 Å². The largest absolute Gasteiger partial charge is 0.416 e. The van der Waals surface area contributed by atoms with Crippen LogP contribution < -0.4 is 0 Å². The van der Waals surface area contributed by atoms with Crippen molar-refractivity contribution in [3.8, 4) is 0 Å².